The van der Waals surface area contributed by atoms with E-state index in [1.807, 2.05) is 12.1 Å². The first-order valence-corrected chi connectivity index (χ1v) is 4.94. The molecule has 0 atom stereocenters. The second-order valence-electron chi connectivity index (χ2n) is 3.48. The Labute approximate surface area is 93.2 Å². The Morgan fingerprint density at radius 1 is 1.19 bits per heavy atom. The maximum atomic E-state index is 12.7. The van der Waals surface area contributed by atoms with Crippen molar-refractivity contribution in [1.82, 2.24) is 0 Å². The second-order valence-corrected chi connectivity index (χ2v) is 3.48. The molecule has 16 heavy (non-hydrogen) atoms. The largest absolute Gasteiger partial charge is 0.456 e. The van der Waals surface area contributed by atoms with Crippen LogP contribution in [-0.4, -0.2) is 6.54 Å². The van der Waals surface area contributed by atoms with Gasteiger partial charge in [0.15, 0.2) is 0 Å². The lowest BCUT2D eigenvalue weighted by Crippen LogP contribution is -1.99. The van der Waals surface area contributed by atoms with Gasteiger partial charge in [-0.25, -0.2) is 4.39 Å². The van der Waals surface area contributed by atoms with Crippen LogP contribution in [0.15, 0.2) is 47.4 Å². The highest BCUT2D eigenvalue weighted by atomic mass is 19.1. The molecule has 1 heterocycles. The highest BCUT2D eigenvalue weighted by molar-refractivity contribution is 5.65. The van der Waals surface area contributed by atoms with Crippen molar-refractivity contribution in [2.75, 3.05) is 6.54 Å². The monoisotopic (exact) mass is 217 g/mol. The molecule has 0 saturated heterocycles. The van der Waals surface area contributed by atoms with E-state index in [1.54, 1.807) is 12.1 Å². The molecule has 1 aromatic heterocycles. The van der Waals surface area contributed by atoms with Crippen molar-refractivity contribution < 1.29 is 8.81 Å². The fourth-order valence-electron chi connectivity index (χ4n) is 1.40. The van der Waals surface area contributed by atoms with Crippen LogP contribution in [0.1, 0.15) is 5.76 Å². The van der Waals surface area contributed by atoms with Crippen LogP contribution >= 0.6 is 0 Å². The number of halogens is 1. The van der Waals surface area contributed by atoms with Crippen LogP contribution in [-0.2, 0) is 0 Å². The molecule has 2 nitrogen and oxygen atoms in total. The fraction of sp³-hybridized carbons (Fsp3) is 0.0769. The topological polar surface area (TPSA) is 39.2 Å². The molecule has 2 N–H and O–H groups in total. The Morgan fingerprint density at radius 2 is 1.88 bits per heavy atom. The first kappa shape index (κ1) is 10.6. The highest BCUT2D eigenvalue weighted by Gasteiger charge is 2.06. The lowest BCUT2D eigenvalue weighted by Gasteiger charge is -1.98. The van der Waals surface area contributed by atoms with Crippen LogP contribution in [0.4, 0.5) is 4.39 Å². The van der Waals surface area contributed by atoms with Crippen LogP contribution in [0.3, 0.4) is 0 Å². The van der Waals surface area contributed by atoms with Crippen LogP contribution in [0.25, 0.3) is 16.9 Å². The Balaban J connectivity index is 2.31. The zero-order chi connectivity index (χ0) is 11.5. The van der Waals surface area contributed by atoms with Crippen LogP contribution in [0.2, 0.25) is 0 Å². The van der Waals surface area contributed by atoms with E-state index in [-0.39, 0.29) is 5.82 Å². The number of nitrogens with two attached hydrogens (primary N) is 1. The molecular weight excluding hydrogens is 205 g/mol. The van der Waals surface area contributed by atoms with Crippen molar-refractivity contribution in [3.05, 3.63) is 54.6 Å². The quantitative estimate of drug-likeness (QED) is 0.858. The Kier molecular flexibility index (Phi) is 2.88. The number of hydrogen-bond acceptors (Lipinski definition) is 2. The molecule has 0 bridgehead atoms. The third-order valence-electron chi connectivity index (χ3n) is 2.33. The normalized spacial score (nSPS) is 10.4. The molecule has 0 fully saturated rings. The lowest BCUT2D eigenvalue weighted by atomic mass is 10.2. The van der Waals surface area contributed by atoms with Gasteiger partial charge in [0.25, 0.3) is 0 Å². The van der Waals surface area contributed by atoms with E-state index in [4.69, 9.17) is 10.2 Å². The van der Waals surface area contributed by atoms with Gasteiger partial charge < -0.3 is 10.2 Å². The minimum absolute atomic E-state index is 0.262. The number of rotatable bonds is 3. The zero-order valence-electron chi connectivity index (χ0n) is 8.74. The second kappa shape index (κ2) is 4.33. The summed E-state index contributed by atoms with van der Waals surface area (Å²) >= 11 is 0. The van der Waals surface area contributed by atoms with E-state index < -0.39 is 0 Å². The Bertz CT molecular complexity index is 499. The maximum Gasteiger partial charge on any atom is 0.134 e. The first-order valence-electron chi connectivity index (χ1n) is 4.94. The van der Waals surface area contributed by atoms with Crippen LogP contribution < -0.4 is 5.73 Å². The molecule has 0 saturated carbocycles. The summed E-state index contributed by atoms with van der Waals surface area (Å²) in [6.45, 7) is 4.14. The summed E-state index contributed by atoms with van der Waals surface area (Å²) in [5.41, 5.74) is 7.04. The van der Waals surface area contributed by atoms with E-state index in [0.29, 0.717) is 18.1 Å². The molecule has 1 aromatic carbocycles. The predicted octanol–water partition coefficient (Wildman–Crippen LogP) is 3.06. The fourth-order valence-corrected chi connectivity index (χ4v) is 1.40. The summed E-state index contributed by atoms with van der Waals surface area (Å²) in [5.74, 6) is 1.09. The van der Waals surface area contributed by atoms with E-state index in [2.05, 4.69) is 6.58 Å². The third-order valence-corrected chi connectivity index (χ3v) is 2.33. The van der Waals surface area contributed by atoms with Crippen molar-refractivity contribution in [3.63, 3.8) is 0 Å². The zero-order valence-corrected chi connectivity index (χ0v) is 8.74. The predicted molar refractivity (Wildman–Crippen MR) is 62.2 cm³/mol. The maximum absolute atomic E-state index is 12.7. The molecular formula is C13H12FNO. The van der Waals surface area contributed by atoms with Gasteiger partial charge in [0.1, 0.15) is 17.3 Å². The third kappa shape index (κ3) is 2.04. The van der Waals surface area contributed by atoms with Gasteiger partial charge in [-0.05, 0) is 36.4 Å². The molecule has 2 rings (SSSR count). The molecule has 0 aliphatic heterocycles. The van der Waals surface area contributed by atoms with Gasteiger partial charge in [-0.3, -0.25) is 0 Å². The van der Waals surface area contributed by atoms with Crippen molar-refractivity contribution >= 4 is 5.57 Å². The number of benzene rings is 1. The molecule has 0 unspecified atom stereocenters. The van der Waals surface area contributed by atoms with Crippen molar-refractivity contribution in [2.24, 2.45) is 5.73 Å². The first-order chi connectivity index (χ1) is 7.70. The van der Waals surface area contributed by atoms with Crippen LogP contribution in [0.5, 0.6) is 0 Å². The SMILES string of the molecule is C=C(CN)c1ccc(-c2ccc(F)cc2)o1. The molecule has 3 heteroatoms. The molecule has 0 amide bonds. The van der Waals surface area contributed by atoms with E-state index in [1.165, 1.54) is 12.1 Å². The molecule has 2 aromatic rings. The standard InChI is InChI=1S/C13H12FNO/c1-9(8-15)12-6-7-13(16-12)10-2-4-11(14)5-3-10/h2-7H,1,8,15H2. The van der Waals surface area contributed by atoms with Gasteiger partial charge in [-0.1, -0.05) is 6.58 Å². The van der Waals surface area contributed by atoms with Gasteiger partial charge in [0.2, 0.25) is 0 Å². The van der Waals surface area contributed by atoms with E-state index in [0.717, 1.165) is 11.1 Å². The summed E-state index contributed by atoms with van der Waals surface area (Å²) in [6, 6.07) is 9.77. The van der Waals surface area contributed by atoms with E-state index >= 15 is 0 Å². The van der Waals surface area contributed by atoms with Crippen molar-refractivity contribution in [3.8, 4) is 11.3 Å². The Hall–Kier alpha value is -1.87. The molecule has 0 spiro atoms. The van der Waals surface area contributed by atoms with Gasteiger partial charge in [0, 0.05) is 17.7 Å². The van der Waals surface area contributed by atoms with Gasteiger partial charge in [-0.15, -0.1) is 0 Å². The Morgan fingerprint density at radius 3 is 2.50 bits per heavy atom. The molecule has 0 aliphatic carbocycles. The van der Waals surface area contributed by atoms with Gasteiger partial charge >= 0.3 is 0 Å². The van der Waals surface area contributed by atoms with E-state index in [9.17, 15) is 4.39 Å². The summed E-state index contributed by atoms with van der Waals surface area (Å²) in [4.78, 5) is 0. The molecule has 0 aliphatic rings. The number of furan rings is 1. The summed E-state index contributed by atoms with van der Waals surface area (Å²) in [5, 5.41) is 0. The highest BCUT2D eigenvalue weighted by Crippen LogP contribution is 2.24. The lowest BCUT2D eigenvalue weighted by molar-refractivity contribution is 0.566. The minimum Gasteiger partial charge on any atom is -0.456 e. The smallest absolute Gasteiger partial charge is 0.134 e. The number of hydrogen-bond donors (Lipinski definition) is 1. The van der Waals surface area contributed by atoms with Gasteiger partial charge in [-0.2, -0.15) is 0 Å². The average Bonchev–Trinajstić information content (AvgIpc) is 2.78. The minimum atomic E-state index is -0.262. The molecule has 0 radical (unpaired) electrons. The molecule has 82 valence electrons. The van der Waals surface area contributed by atoms with Gasteiger partial charge in [0.05, 0.1) is 0 Å². The summed E-state index contributed by atoms with van der Waals surface area (Å²) in [6.07, 6.45) is 0. The summed E-state index contributed by atoms with van der Waals surface area (Å²) in [7, 11) is 0. The average molecular weight is 217 g/mol. The van der Waals surface area contributed by atoms with Crippen molar-refractivity contribution in [2.45, 2.75) is 0 Å². The van der Waals surface area contributed by atoms with Crippen molar-refractivity contribution in [1.29, 1.82) is 0 Å². The summed E-state index contributed by atoms with van der Waals surface area (Å²) < 4.78 is 18.3. The van der Waals surface area contributed by atoms with Crippen LogP contribution in [0, 0.1) is 5.82 Å².